The van der Waals surface area contributed by atoms with Crippen molar-refractivity contribution in [1.82, 2.24) is 20.6 Å². The molecule has 0 saturated carbocycles. The molecule has 19 heavy (non-hydrogen) atoms. The second kappa shape index (κ2) is 6.92. The number of nitrogens with one attached hydrogen (secondary N) is 2. The third kappa shape index (κ3) is 3.81. The zero-order valence-corrected chi connectivity index (χ0v) is 11.6. The van der Waals surface area contributed by atoms with Gasteiger partial charge in [-0.2, -0.15) is 0 Å². The molecule has 0 bridgehead atoms. The van der Waals surface area contributed by atoms with Crippen molar-refractivity contribution in [2.75, 3.05) is 38.6 Å². The van der Waals surface area contributed by atoms with E-state index in [4.69, 9.17) is 0 Å². The van der Waals surface area contributed by atoms with Gasteiger partial charge in [-0.15, -0.1) is 0 Å². The first kappa shape index (κ1) is 13.6. The fourth-order valence-electron chi connectivity index (χ4n) is 2.39. The summed E-state index contributed by atoms with van der Waals surface area (Å²) >= 11 is 0. The summed E-state index contributed by atoms with van der Waals surface area (Å²) in [4.78, 5) is 15.0. The molecule has 2 N–H and O–H groups in total. The number of rotatable bonds is 3. The average molecular weight is 262 g/mol. The number of aromatic nitrogens is 2. The van der Waals surface area contributed by atoms with E-state index in [-0.39, 0.29) is 0 Å². The normalized spacial score (nSPS) is 20.2. The molecule has 0 unspecified atom stereocenters. The molecule has 6 heteroatoms. The van der Waals surface area contributed by atoms with E-state index in [0.29, 0.717) is 5.92 Å². The molecule has 1 aliphatic rings. The standard InChI is InChI=1S/C13H22N6/c1-14-12(15-2)18-9-11-5-3-8-19(10-11)13-16-6-4-7-17-13/h4,6-7,11H,3,5,8-10H2,1-2H3,(H2,14,15,18)/t11-/m0/s1. The molecule has 1 fully saturated rings. The van der Waals surface area contributed by atoms with Crippen LogP contribution in [0.1, 0.15) is 12.8 Å². The van der Waals surface area contributed by atoms with Crippen LogP contribution >= 0.6 is 0 Å². The fraction of sp³-hybridized carbons (Fsp3) is 0.615. The lowest BCUT2D eigenvalue weighted by molar-refractivity contribution is 0.407. The highest BCUT2D eigenvalue weighted by Gasteiger charge is 2.21. The summed E-state index contributed by atoms with van der Waals surface area (Å²) in [7, 11) is 3.66. The molecule has 104 valence electrons. The van der Waals surface area contributed by atoms with Crippen molar-refractivity contribution in [3.05, 3.63) is 18.5 Å². The summed E-state index contributed by atoms with van der Waals surface area (Å²) in [6.07, 6.45) is 6.01. The van der Waals surface area contributed by atoms with Gasteiger partial charge in [0.1, 0.15) is 0 Å². The minimum absolute atomic E-state index is 0.600. The topological polar surface area (TPSA) is 65.4 Å². The van der Waals surface area contributed by atoms with Crippen molar-refractivity contribution in [2.45, 2.75) is 12.8 Å². The Morgan fingerprint density at radius 2 is 2.26 bits per heavy atom. The SMILES string of the molecule is CN=C(NC)NC[C@@H]1CCCN(c2ncccn2)C1. The average Bonchev–Trinajstić information content (AvgIpc) is 2.49. The van der Waals surface area contributed by atoms with Crippen LogP contribution in [-0.4, -0.2) is 49.7 Å². The zero-order valence-electron chi connectivity index (χ0n) is 11.6. The van der Waals surface area contributed by atoms with Gasteiger partial charge < -0.3 is 15.5 Å². The Morgan fingerprint density at radius 1 is 1.47 bits per heavy atom. The number of hydrogen-bond donors (Lipinski definition) is 2. The maximum Gasteiger partial charge on any atom is 0.225 e. The van der Waals surface area contributed by atoms with E-state index in [0.717, 1.165) is 31.5 Å². The highest BCUT2D eigenvalue weighted by atomic mass is 15.3. The van der Waals surface area contributed by atoms with Gasteiger partial charge in [0.2, 0.25) is 5.95 Å². The molecule has 0 amide bonds. The predicted molar refractivity (Wildman–Crippen MR) is 77.4 cm³/mol. The number of anilines is 1. The number of aliphatic imine (C=N–C) groups is 1. The number of guanidine groups is 1. The summed E-state index contributed by atoms with van der Waals surface area (Å²) in [6.45, 7) is 2.97. The van der Waals surface area contributed by atoms with Crippen LogP contribution in [-0.2, 0) is 0 Å². The van der Waals surface area contributed by atoms with E-state index < -0.39 is 0 Å². The van der Waals surface area contributed by atoms with Crippen LogP contribution in [0.5, 0.6) is 0 Å². The van der Waals surface area contributed by atoms with E-state index in [2.05, 4.69) is 30.5 Å². The smallest absolute Gasteiger partial charge is 0.225 e. The number of hydrogen-bond acceptors (Lipinski definition) is 4. The molecule has 2 heterocycles. The van der Waals surface area contributed by atoms with Crippen molar-refractivity contribution in [2.24, 2.45) is 10.9 Å². The highest BCUT2D eigenvalue weighted by Crippen LogP contribution is 2.19. The quantitative estimate of drug-likeness (QED) is 0.613. The number of nitrogens with zero attached hydrogens (tertiary/aromatic N) is 4. The third-order valence-electron chi connectivity index (χ3n) is 3.37. The Morgan fingerprint density at radius 3 is 2.95 bits per heavy atom. The molecule has 1 aromatic rings. The molecule has 1 atom stereocenters. The second-order valence-electron chi connectivity index (χ2n) is 4.71. The number of piperidine rings is 1. The molecule has 1 aliphatic heterocycles. The lowest BCUT2D eigenvalue weighted by Crippen LogP contribution is -2.44. The van der Waals surface area contributed by atoms with Crippen molar-refractivity contribution in [3.63, 3.8) is 0 Å². The maximum atomic E-state index is 4.32. The first-order valence-corrected chi connectivity index (χ1v) is 6.74. The monoisotopic (exact) mass is 262 g/mol. The van der Waals surface area contributed by atoms with Crippen molar-refractivity contribution >= 4 is 11.9 Å². The van der Waals surface area contributed by atoms with Gasteiger partial charge in [0, 0.05) is 46.1 Å². The summed E-state index contributed by atoms with van der Waals surface area (Å²) in [5.74, 6) is 2.28. The third-order valence-corrected chi connectivity index (χ3v) is 3.37. The van der Waals surface area contributed by atoms with Gasteiger partial charge in [-0.3, -0.25) is 4.99 Å². The maximum absolute atomic E-state index is 4.32. The largest absolute Gasteiger partial charge is 0.359 e. The van der Waals surface area contributed by atoms with E-state index >= 15 is 0 Å². The summed E-state index contributed by atoms with van der Waals surface area (Å²) in [5.41, 5.74) is 0. The highest BCUT2D eigenvalue weighted by molar-refractivity contribution is 5.79. The van der Waals surface area contributed by atoms with E-state index in [1.54, 1.807) is 19.4 Å². The summed E-state index contributed by atoms with van der Waals surface area (Å²) in [6, 6.07) is 1.85. The van der Waals surface area contributed by atoms with Crippen LogP contribution in [0.15, 0.2) is 23.5 Å². The van der Waals surface area contributed by atoms with Gasteiger partial charge in [-0.25, -0.2) is 9.97 Å². The van der Waals surface area contributed by atoms with Crippen molar-refractivity contribution < 1.29 is 0 Å². The minimum Gasteiger partial charge on any atom is -0.359 e. The summed E-state index contributed by atoms with van der Waals surface area (Å²) < 4.78 is 0. The van der Waals surface area contributed by atoms with Gasteiger partial charge >= 0.3 is 0 Å². The van der Waals surface area contributed by atoms with Crippen LogP contribution in [0.2, 0.25) is 0 Å². The van der Waals surface area contributed by atoms with Crippen molar-refractivity contribution in [1.29, 1.82) is 0 Å². The Kier molecular flexibility index (Phi) is 4.94. The van der Waals surface area contributed by atoms with Gasteiger partial charge in [0.15, 0.2) is 5.96 Å². The Balaban J connectivity index is 1.87. The molecule has 1 saturated heterocycles. The van der Waals surface area contributed by atoms with Gasteiger partial charge in [0.05, 0.1) is 0 Å². The van der Waals surface area contributed by atoms with E-state index in [9.17, 15) is 0 Å². The van der Waals surface area contributed by atoms with Crippen LogP contribution in [0.4, 0.5) is 5.95 Å². The first-order valence-electron chi connectivity index (χ1n) is 6.74. The van der Waals surface area contributed by atoms with Crippen LogP contribution < -0.4 is 15.5 Å². The molecule has 0 aromatic carbocycles. The van der Waals surface area contributed by atoms with E-state index in [1.807, 2.05) is 13.1 Å². The Labute approximate surface area is 114 Å². The lowest BCUT2D eigenvalue weighted by atomic mass is 9.98. The first-order chi connectivity index (χ1) is 9.33. The van der Waals surface area contributed by atoms with Crippen LogP contribution in [0.25, 0.3) is 0 Å². The fourth-order valence-corrected chi connectivity index (χ4v) is 2.39. The Bertz CT molecular complexity index is 405. The van der Waals surface area contributed by atoms with Crippen molar-refractivity contribution in [3.8, 4) is 0 Å². The molecule has 0 aliphatic carbocycles. The van der Waals surface area contributed by atoms with Crippen LogP contribution in [0.3, 0.4) is 0 Å². The summed E-state index contributed by atoms with van der Waals surface area (Å²) in [5, 5.41) is 6.37. The molecular formula is C13H22N6. The molecule has 6 nitrogen and oxygen atoms in total. The lowest BCUT2D eigenvalue weighted by Gasteiger charge is -2.32. The molecular weight excluding hydrogens is 240 g/mol. The van der Waals surface area contributed by atoms with Gasteiger partial charge in [-0.05, 0) is 24.8 Å². The molecule has 2 rings (SSSR count). The molecule has 0 spiro atoms. The zero-order chi connectivity index (χ0) is 13.5. The van der Waals surface area contributed by atoms with Gasteiger partial charge in [0.25, 0.3) is 0 Å². The second-order valence-corrected chi connectivity index (χ2v) is 4.71. The van der Waals surface area contributed by atoms with E-state index in [1.165, 1.54) is 12.8 Å². The molecule has 0 radical (unpaired) electrons. The van der Waals surface area contributed by atoms with Crippen LogP contribution in [0, 0.1) is 5.92 Å². The van der Waals surface area contributed by atoms with Gasteiger partial charge in [-0.1, -0.05) is 0 Å². The predicted octanol–water partition coefficient (Wildman–Crippen LogP) is 0.488. The molecule has 1 aromatic heterocycles. The Hall–Kier alpha value is -1.85. The minimum atomic E-state index is 0.600.